The van der Waals surface area contributed by atoms with Crippen molar-refractivity contribution in [2.24, 2.45) is 16.8 Å². The number of oxime groups is 1. The van der Waals surface area contributed by atoms with Gasteiger partial charge >= 0.3 is 0 Å². The second kappa shape index (κ2) is 6.23. The monoisotopic (exact) mass is 291 g/mol. The summed E-state index contributed by atoms with van der Waals surface area (Å²) in [6.45, 7) is 3.58. The highest BCUT2D eigenvalue weighted by Gasteiger charge is 2.36. The highest BCUT2D eigenvalue weighted by atomic mass is 32.2. The zero-order chi connectivity index (χ0) is 14.6. The van der Waals surface area contributed by atoms with Gasteiger partial charge < -0.3 is 16.3 Å². The summed E-state index contributed by atoms with van der Waals surface area (Å²) in [6.07, 6.45) is 1.64. The van der Waals surface area contributed by atoms with Gasteiger partial charge in [-0.2, -0.15) is 0 Å². The van der Waals surface area contributed by atoms with Crippen LogP contribution in [0, 0.1) is 5.92 Å². The van der Waals surface area contributed by atoms with E-state index < -0.39 is 27.0 Å². The summed E-state index contributed by atoms with van der Waals surface area (Å²) in [5.74, 6) is -0.756. The molecule has 110 valence electrons. The van der Waals surface area contributed by atoms with Crippen LogP contribution in [0.5, 0.6) is 0 Å². The molecule has 8 heteroatoms. The van der Waals surface area contributed by atoms with E-state index in [0.29, 0.717) is 19.3 Å². The predicted octanol–water partition coefficient (Wildman–Crippen LogP) is -0.159. The molecule has 19 heavy (non-hydrogen) atoms. The summed E-state index contributed by atoms with van der Waals surface area (Å²) >= 11 is 0. The predicted molar refractivity (Wildman–Crippen MR) is 71.6 cm³/mol. The van der Waals surface area contributed by atoms with Crippen LogP contribution in [0.15, 0.2) is 5.16 Å². The minimum atomic E-state index is -3.38. The zero-order valence-electron chi connectivity index (χ0n) is 11.2. The van der Waals surface area contributed by atoms with Crippen LogP contribution >= 0.6 is 0 Å². The maximum absolute atomic E-state index is 12.1. The average Bonchev–Trinajstić information content (AvgIpc) is 2.33. The third-order valence-corrected chi connectivity index (χ3v) is 5.44. The van der Waals surface area contributed by atoms with Gasteiger partial charge in [-0.15, -0.1) is 0 Å². The smallest absolute Gasteiger partial charge is 0.238 e. The van der Waals surface area contributed by atoms with Crippen molar-refractivity contribution < 1.29 is 18.4 Å². The van der Waals surface area contributed by atoms with Gasteiger partial charge in [-0.25, -0.2) is 8.42 Å². The highest BCUT2D eigenvalue weighted by molar-refractivity contribution is 7.92. The van der Waals surface area contributed by atoms with Gasteiger partial charge in [-0.3, -0.25) is 4.79 Å². The summed E-state index contributed by atoms with van der Waals surface area (Å²) in [6, 6.07) is -0.672. The largest absolute Gasteiger partial charge is 0.409 e. The molecule has 0 aromatic carbocycles. The van der Waals surface area contributed by atoms with Gasteiger partial charge in [0.15, 0.2) is 15.7 Å². The fourth-order valence-electron chi connectivity index (χ4n) is 2.14. The number of amides is 1. The van der Waals surface area contributed by atoms with E-state index in [1.165, 1.54) is 0 Å². The fourth-order valence-corrected chi connectivity index (χ4v) is 3.95. The van der Waals surface area contributed by atoms with Gasteiger partial charge in [-0.1, -0.05) is 25.4 Å². The lowest BCUT2D eigenvalue weighted by Gasteiger charge is -2.26. The maximum atomic E-state index is 12.1. The summed E-state index contributed by atoms with van der Waals surface area (Å²) in [7, 11) is -3.38. The number of carbonyl (C=O) groups excluding carboxylic acids is 1. The van der Waals surface area contributed by atoms with E-state index in [-0.39, 0.29) is 17.5 Å². The standard InChI is InChI=1S/C11H21N3O4S/c1-7(2)9(10(12)14-16)13-11(15)8-5-3-4-6-19(8,17)18/h7-9,16H,3-6H2,1-2H3,(H2,12,14)(H,13,15). The number of nitrogens with two attached hydrogens (primary N) is 1. The first-order valence-electron chi connectivity index (χ1n) is 6.29. The van der Waals surface area contributed by atoms with Crippen LogP contribution in [0.3, 0.4) is 0 Å². The van der Waals surface area contributed by atoms with Crippen LogP contribution < -0.4 is 11.1 Å². The molecule has 2 atom stereocenters. The summed E-state index contributed by atoms with van der Waals surface area (Å²) in [5, 5.41) is 13.1. The van der Waals surface area contributed by atoms with Crippen molar-refractivity contribution in [3.8, 4) is 0 Å². The molecule has 0 bridgehead atoms. The van der Waals surface area contributed by atoms with Crippen LogP contribution in [0.1, 0.15) is 33.1 Å². The zero-order valence-corrected chi connectivity index (χ0v) is 12.0. The number of hydrogen-bond donors (Lipinski definition) is 3. The second-order valence-corrected chi connectivity index (χ2v) is 7.41. The van der Waals surface area contributed by atoms with E-state index >= 15 is 0 Å². The Hall–Kier alpha value is -1.31. The quantitative estimate of drug-likeness (QED) is 0.287. The molecule has 0 aliphatic carbocycles. The van der Waals surface area contributed by atoms with Crippen LogP contribution in [0.4, 0.5) is 0 Å². The normalized spacial score (nSPS) is 25.0. The number of amidine groups is 1. The van der Waals surface area contributed by atoms with E-state index in [1.54, 1.807) is 13.8 Å². The summed E-state index contributed by atoms with van der Waals surface area (Å²) in [4.78, 5) is 12.1. The van der Waals surface area contributed by atoms with Gasteiger partial charge in [0.25, 0.3) is 0 Å². The lowest BCUT2D eigenvalue weighted by atomic mass is 10.0. The minimum Gasteiger partial charge on any atom is -0.409 e. The number of nitrogens with one attached hydrogen (secondary N) is 1. The lowest BCUT2D eigenvalue weighted by Crippen LogP contribution is -2.53. The minimum absolute atomic E-state index is 0.0427. The SMILES string of the molecule is CC(C)C(NC(=O)C1CCCCS1(=O)=O)C(N)=NO. The maximum Gasteiger partial charge on any atom is 0.238 e. The van der Waals surface area contributed by atoms with Gasteiger partial charge in [0.05, 0.1) is 11.8 Å². The molecule has 1 amide bonds. The Labute approximate surface area is 113 Å². The number of sulfone groups is 1. The van der Waals surface area contributed by atoms with Crippen molar-refractivity contribution in [3.05, 3.63) is 0 Å². The van der Waals surface area contributed by atoms with Crippen molar-refractivity contribution >= 4 is 21.6 Å². The highest BCUT2D eigenvalue weighted by Crippen LogP contribution is 2.20. The molecule has 1 aliphatic rings. The molecule has 1 saturated heterocycles. The molecule has 0 saturated carbocycles. The molecular weight excluding hydrogens is 270 g/mol. The molecule has 1 heterocycles. The Kier molecular flexibility index (Phi) is 5.16. The molecule has 0 radical (unpaired) electrons. The number of rotatable bonds is 4. The Bertz CT molecular complexity index is 459. The molecule has 7 nitrogen and oxygen atoms in total. The summed E-state index contributed by atoms with van der Waals surface area (Å²) < 4.78 is 23.7. The van der Waals surface area contributed by atoms with Gasteiger partial charge in [0.1, 0.15) is 5.25 Å². The van der Waals surface area contributed by atoms with Gasteiger partial charge in [0, 0.05) is 0 Å². The molecule has 2 unspecified atom stereocenters. The van der Waals surface area contributed by atoms with Crippen LogP contribution in [-0.2, 0) is 14.6 Å². The van der Waals surface area contributed by atoms with E-state index in [4.69, 9.17) is 10.9 Å². The fraction of sp³-hybridized carbons (Fsp3) is 0.818. The molecule has 4 N–H and O–H groups in total. The van der Waals surface area contributed by atoms with Crippen molar-refractivity contribution in [1.29, 1.82) is 0 Å². The Morgan fingerprint density at radius 2 is 2.05 bits per heavy atom. The Balaban J connectivity index is 2.83. The second-order valence-electron chi connectivity index (χ2n) is 5.11. The molecule has 0 aromatic heterocycles. The third-order valence-electron chi connectivity index (χ3n) is 3.27. The average molecular weight is 291 g/mol. The number of hydrogen-bond acceptors (Lipinski definition) is 5. The molecule has 1 rings (SSSR count). The molecule has 0 spiro atoms. The molecule has 0 aromatic rings. The van der Waals surface area contributed by atoms with Gasteiger partial charge in [-0.05, 0) is 18.8 Å². The van der Waals surface area contributed by atoms with Crippen molar-refractivity contribution in [1.82, 2.24) is 5.32 Å². The first-order chi connectivity index (χ1) is 8.79. The Morgan fingerprint density at radius 1 is 1.42 bits per heavy atom. The van der Waals surface area contributed by atoms with E-state index in [1.807, 2.05) is 0 Å². The third kappa shape index (κ3) is 3.82. The van der Waals surface area contributed by atoms with E-state index in [0.717, 1.165) is 0 Å². The van der Waals surface area contributed by atoms with Crippen molar-refractivity contribution in [2.45, 2.75) is 44.4 Å². The Morgan fingerprint density at radius 3 is 2.53 bits per heavy atom. The molecule has 1 fully saturated rings. The van der Waals surface area contributed by atoms with Crippen LogP contribution in [0.2, 0.25) is 0 Å². The topological polar surface area (TPSA) is 122 Å². The lowest BCUT2D eigenvalue weighted by molar-refractivity contribution is -0.121. The first-order valence-corrected chi connectivity index (χ1v) is 8.00. The van der Waals surface area contributed by atoms with E-state index in [2.05, 4.69) is 10.5 Å². The van der Waals surface area contributed by atoms with Crippen LogP contribution in [-0.4, -0.2) is 42.4 Å². The van der Waals surface area contributed by atoms with Crippen LogP contribution in [0.25, 0.3) is 0 Å². The van der Waals surface area contributed by atoms with Crippen molar-refractivity contribution in [2.75, 3.05) is 5.75 Å². The van der Waals surface area contributed by atoms with Crippen molar-refractivity contribution in [3.63, 3.8) is 0 Å². The van der Waals surface area contributed by atoms with E-state index in [9.17, 15) is 13.2 Å². The van der Waals surface area contributed by atoms with Gasteiger partial charge in [0.2, 0.25) is 5.91 Å². The number of carbonyl (C=O) groups is 1. The molecular formula is C11H21N3O4S. The summed E-state index contributed by atoms with van der Waals surface area (Å²) in [5.41, 5.74) is 5.50. The molecule has 1 aliphatic heterocycles. The first kappa shape index (κ1) is 15.7. The number of nitrogens with zero attached hydrogens (tertiary/aromatic N) is 1.